The van der Waals surface area contributed by atoms with E-state index >= 15 is 0 Å². The van der Waals surface area contributed by atoms with Crippen LogP contribution in [0.4, 0.5) is 0 Å². The van der Waals surface area contributed by atoms with Gasteiger partial charge in [0.25, 0.3) is 0 Å². The molecule has 0 saturated heterocycles. The third-order valence-corrected chi connectivity index (χ3v) is 2.39. The molecule has 0 radical (unpaired) electrons. The number of H-pyrrole nitrogens is 1. The van der Waals surface area contributed by atoms with Gasteiger partial charge in [0.2, 0.25) is 0 Å². The number of fused-ring (bicyclic) bond motifs is 1. The van der Waals surface area contributed by atoms with Crippen LogP contribution in [-0.2, 0) is 0 Å². The summed E-state index contributed by atoms with van der Waals surface area (Å²) >= 11 is 0. The van der Waals surface area contributed by atoms with E-state index < -0.39 is 0 Å². The maximum atomic E-state index is 11.8. The summed E-state index contributed by atoms with van der Waals surface area (Å²) in [5.41, 5.74) is 2.10. The van der Waals surface area contributed by atoms with Crippen molar-refractivity contribution in [1.82, 2.24) is 19.5 Å². The lowest BCUT2D eigenvalue weighted by Crippen LogP contribution is -2.14. The van der Waals surface area contributed by atoms with Crippen LogP contribution >= 0.6 is 0 Å². The van der Waals surface area contributed by atoms with Crippen LogP contribution in [0.2, 0.25) is 0 Å². The fourth-order valence-electron chi connectivity index (χ4n) is 1.72. The number of aromatic amines is 1. The number of hydrogen-bond donors (Lipinski definition) is 1. The summed E-state index contributed by atoms with van der Waals surface area (Å²) in [6.07, 6.45) is 4.65. The summed E-state index contributed by atoms with van der Waals surface area (Å²) < 4.78 is 1.55. The summed E-state index contributed by atoms with van der Waals surface area (Å²) in [6, 6.07) is 7.50. The van der Waals surface area contributed by atoms with E-state index in [1.807, 2.05) is 24.3 Å². The molecule has 3 aromatic rings. The van der Waals surface area contributed by atoms with Crippen LogP contribution in [0.25, 0.3) is 16.7 Å². The van der Waals surface area contributed by atoms with Gasteiger partial charge in [0.1, 0.15) is 6.33 Å². The van der Waals surface area contributed by atoms with Gasteiger partial charge in [-0.2, -0.15) is 0 Å². The van der Waals surface area contributed by atoms with Crippen LogP contribution in [0.1, 0.15) is 0 Å². The first kappa shape index (κ1) is 8.84. The zero-order valence-electron chi connectivity index (χ0n) is 8.29. The standard InChI is InChI=1S/C11H8N4O/c16-11-14-9-3-1-2-4-10(9)15(11)8-5-12-7-13-6-8/h1-7H,(H,14,16). The Labute approximate surface area is 90.4 Å². The van der Waals surface area contributed by atoms with Gasteiger partial charge in [-0.05, 0) is 12.1 Å². The normalized spacial score (nSPS) is 10.8. The number of imidazole rings is 1. The first-order chi connectivity index (χ1) is 7.86. The number of nitrogens with one attached hydrogen (secondary N) is 1. The Morgan fingerprint density at radius 1 is 1.12 bits per heavy atom. The van der Waals surface area contributed by atoms with Crippen LogP contribution in [0.5, 0.6) is 0 Å². The van der Waals surface area contributed by atoms with Crippen molar-refractivity contribution in [3.63, 3.8) is 0 Å². The minimum absolute atomic E-state index is 0.184. The minimum Gasteiger partial charge on any atom is -0.305 e. The lowest BCUT2D eigenvalue weighted by atomic mass is 10.3. The summed E-state index contributed by atoms with van der Waals surface area (Å²) in [5, 5.41) is 0. The maximum absolute atomic E-state index is 11.8. The Balaban J connectivity index is 2.40. The summed E-state index contributed by atoms with van der Waals surface area (Å²) in [4.78, 5) is 22.4. The Morgan fingerprint density at radius 2 is 1.88 bits per heavy atom. The van der Waals surface area contributed by atoms with Gasteiger partial charge < -0.3 is 4.98 Å². The van der Waals surface area contributed by atoms with Gasteiger partial charge in [-0.1, -0.05) is 12.1 Å². The molecule has 0 aliphatic rings. The molecule has 0 spiro atoms. The molecule has 3 rings (SSSR count). The van der Waals surface area contributed by atoms with Crippen LogP contribution in [0.3, 0.4) is 0 Å². The highest BCUT2D eigenvalue weighted by atomic mass is 16.1. The maximum Gasteiger partial charge on any atom is 0.331 e. The highest BCUT2D eigenvalue weighted by Crippen LogP contribution is 2.12. The summed E-state index contributed by atoms with van der Waals surface area (Å²) in [7, 11) is 0. The second kappa shape index (κ2) is 3.30. The zero-order valence-corrected chi connectivity index (χ0v) is 8.29. The molecule has 0 saturated carbocycles. The van der Waals surface area contributed by atoms with Gasteiger partial charge in [-0.3, -0.25) is 4.57 Å². The Bertz CT molecular complexity index is 684. The molecule has 0 unspecified atom stereocenters. The zero-order chi connectivity index (χ0) is 11.0. The van der Waals surface area contributed by atoms with Crippen LogP contribution in [0, 0.1) is 0 Å². The van der Waals surface area contributed by atoms with E-state index in [9.17, 15) is 4.79 Å². The number of nitrogens with zero attached hydrogens (tertiary/aromatic N) is 3. The average Bonchev–Trinajstić information content (AvgIpc) is 2.66. The molecule has 2 heterocycles. The molecule has 0 atom stereocenters. The highest BCUT2D eigenvalue weighted by Gasteiger charge is 2.07. The molecular weight excluding hydrogens is 204 g/mol. The van der Waals surface area contributed by atoms with Crippen molar-refractivity contribution in [2.75, 3.05) is 0 Å². The van der Waals surface area contributed by atoms with Crippen molar-refractivity contribution >= 4 is 11.0 Å². The third kappa shape index (κ3) is 1.22. The number of aromatic nitrogens is 4. The molecule has 5 nitrogen and oxygen atoms in total. The lowest BCUT2D eigenvalue weighted by Gasteiger charge is -2.00. The van der Waals surface area contributed by atoms with Gasteiger partial charge in [-0.15, -0.1) is 0 Å². The lowest BCUT2D eigenvalue weighted by molar-refractivity contribution is 0.981. The van der Waals surface area contributed by atoms with E-state index in [-0.39, 0.29) is 5.69 Å². The van der Waals surface area contributed by atoms with Crippen molar-refractivity contribution in [2.24, 2.45) is 0 Å². The smallest absolute Gasteiger partial charge is 0.305 e. The fraction of sp³-hybridized carbons (Fsp3) is 0. The second-order valence-corrected chi connectivity index (χ2v) is 3.38. The molecule has 78 valence electrons. The Hall–Kier alpha value is -2.43. The molecule has 1 N–H and O–H groups in total. The van der Waals surface area contributed by atoms with Crippen molar-refractivity contribution in [3.05, 3.63) is 53.5 Å². The van der Waals surface area contributed by atoms with Crippen LogP contribution in [0.15, 0.2) is 47.8 Å². The molecule has 16 heavy (non-hydrogen) atoms. The Kier molecular flexibility index (Phi) is 1.83. The molecule has 0 bridgehead atoms. The first-order valence-electron chi connectivity index (χ1n) is 4.81. The topological polar surface area (TPSA) is 63.6 Å². The van der Waals surface area contributed by atoms with E-state index in [4.69, 9.17) is 0 Å². The monoisotopic (exact) mass is 212 g/mol. The van der Waals surface area contributed by atoms with Crippen LogP contribution in [-0.4, -0.2) is 19.5 Å². The average molecular weight is 212 g/mol. The number of rotatable bonds is 1. The summed E-state index contributed by atoms with van der Waals surface area (Å²) in [5.74, 6) is 0. The van der Waals surface area contributed by atoms with Crippen LogP contribution < -0.4 is 5.69 Å². The van der Waals surface area contributed by atoms with Crippen molar-refractivity contribution in [3.8, 4) is 5.69 Å². The van der Waals surface area contributed by atoms with E-state index in [0.717, 1.165) is 11.0 Å². The summed E-state index contributed by atoms with van der Waals surface area (Å²) in [6.45, 7) is 0. The predicted molar refractivity (Wildman–Crippen MR) is 59.5 cm³/mol. The van der Waals surface area contributed by atoms with E-state index in [2.05, 4.69) is 15.0 Å². The van der Waals surface area contributed by atoms with E-state index in [0.29, 0.717) is 5.69 Å². The van der Waals surface area contributed by atoms with Gasteiger partial charge in [0, 0.05) is 0 Å². The van der Waals surface area contributed by atoms with Gasteiger partial charge in [-0.25, -0.2) is 14.8 Å². The minimum atomic E-state index is -0.184. The number of benzene rings is 1. The molecular formula is C11H8N4O. The molecule has 0 amide bonds. The second-order valence-electron chi connectivity index (χ2n) is 3.38. The molecule has 0 fully saturated rings. The van der Waals surface area contributed by atoms with Crippen molar-refractivity contribution in [1.29, 1.82) is 0 Å². The third-order valence-electron chi connectivity index (χ3n) is 2.39. The van der Waals surface area contributed by atoms with Crippen molar-refractivity contribution in [2.45, 2.75) is 0 Å². The largest absolute Gasteiger partial charge is 0.331 e. The van der Waals surface area contributed by atoms with Gasteiger partial charge in [0.15, 0.2) is 0 Å². The SMILES string of the molecule is O=c1[nH]c2ccccc2n1-c1cncnc1. The Morgan fingerprint density at radius 3 is 2.69 bits per heavy atom. The predicted octanol–water partition coefficient (Wildman–Crippen LogP) is 1.11. The number of hydrogen-bond acceptors (Lipinski definition) is 3. The molecule has 2 aromatic heterocycles. The molecule has 5 heteroatoms. The number of para-hydroxylation sites is 2. The quantitative estimate of drug-likeness (QED) is 0.657. The first-order valence-corrected chi connectivity index (χ1v) is 4.81. The van der Waals surface area contributed by atoms with Gasteiger partial charge >= 0.3 is 5.69 Å². The van der Waals surface area contributed by atoms with Gasteiger partial charge in [0.05, 0.1) is 29.1 Å². The van der Waals surface area contributed by atoms with Crippen molar-refractivity contribution < 1.29 is 0 Å². The highest BCUT2D eigenvalue weighted by molar-refractivity contribution is 5.76. The molecule has 1 aromatic carbocycles. The van der Waals surface area contributed by atoms with E-state index in [1.165, 1.54) is 6.33 Å². The van der Waals surface area contributed by atoms with E-state index in [1.54, 1.807) is 17.0 Å². The fourth-order valence-corrected chi connectivity index (χ4v) is 1.72. The molecule has 0 aliphatic carbocycles. The molecule has 0 aliphatic heterocycles.